The van der Waals surface area contributed by atoms with Gasteiger partial charge >= 0.3 is 5.97 Å². The van der Waals surface area contributed by atoms with Gasteiger partial charge in [-0.3, -0.25) is 0 Å². The van der Waals surface area contributed by atoms with E-state index in [0.29, 0.717) is 26.1 Å². The number of rotatable bonds is 8. The van der Waals surface area contributed by atoms with Crippen LogP contribution in [0.3, 0.4) is 0 Å². The first-order valence-corrected chi connectivity index (χ1v) is 4.62. The molecule has 0 rings (SSSR count). The van der Waals surface area contributed by atoms with Gasteiger partial charge < -0.3 is 19.4 Å². The van der Waals surface area contributed by atoms with E-state index in [2.05, 4.69) is 11.4 Å². The average molecular weight is 213 g/mol. The largest absolute Gasteiger partial charge is 0.463 e. The highest BCUT2D eigenvalue weighted by molar-refractivity contribution is 5.81. The lowest BCUT2D eigenvalue weighted by atomic mass is 10.3. The van der Waals surface area contributed by atoms with E-state index in [-0.39, 0.29) is 6.54 Å². The van der Waals surface area contributed by atoms with Crippen LogP contribution in [0, 0.1) is 6.57 Å². The van der Waals surface area contributed by atoms with Crippen LogP contribution >= 0.6 is 0 Å². The van der Waals surface area contributed by atoms with Crippen molar-refractivity contribution in [3.05, 3.63) is 24.1 Å². The van der Waals surface area contributed by atoms with Crippen molar-refractivity contribution in [3.8, 4) is 0 Å². The van der Waals surface area contributed by atoms with Gasteiger partial charge in [0.25, 0.3) is 6.54 Å². The summed E-state index contributed by atoms with van der Waals surface area (Å²) in [5, 5.41) is 9.00. The lowest BCUT2D eigenvalue weighted by molar-refractivity contribution is -0.138. The summed E-state index contributed by atoms with van der Waals surface area (Å²) in [6.07, 6.45) is 1.41. The molecule has 5 nitrogen and oxygen atoms in total. The predicted molar refractivity (Wildman–Crippen MR) is 53.8 cm³/mol. The summed E-state index contributed by atoms with van der Waals surface area (Å²) in [4.78, 5) is 13.6. The normalized spacial score (nSPS) is 11.5. The van der Waals surface area contributed by atoms with Crippen molar-refractivity contribution in [2.75, 3.05) is 19.8 Å². The standard InChI is InChI=1S/C10H15NO4/c1-3-9(12)14-6-4-5-7-15-10(13)8-11-2/h3,10,13H,1,4-8H2. The van der Waals surface area contributed by atoms with Gasteiger partial charge in [-0.1, -0.05) is 6.58 Å². The fourth-order valence-corrected chi connectivity index (χ4v) is 0.786. The molecule has 0 aliphatic rings. The molecular weight excluding hydrogens is 198 g/mol. The molecule has 0 aliphatic carbocycles. The Morgan fingerprint density at radius 1 is 1.53 bits per heavy atom. The van der Waals surface area contributed by atoms with Gasteiger partial charge in [-0.2, -0.15) is 0 Å². The van der Waals surface area contributed by atoms with E-state index >= 15 is 0 Å². The monoisotopic (exact) mass is 213 g/mol. The average Bonchev–Trinajstić information content (AvgIpc) is 2.23. The minimum absolute atomic E-state index is 0.0501. The highest BCUT2D eigenvalue weighted by atomic mass is 16.6. The highest BCUT2D eigenvalue weighted by Crippen LogP contribution is 1.95. The highest BCUT2D eigenvalue weighted by Gasteiger charge is 2.05. The summed E-state index contributed by atoms with van der Waals surface area (Å²) in [6, 6.07) is 0. The molecule has 5 heteroatoms. The number of carbonyl (C=O) groups is 1. The number of aliphatic hydroxyl groups excluding tert-OH is 1. The summed E-state index contributed by atoms with van der Waals surface area (Å²) in [5.74, 6) is -0.441. The molecule has 0 aromatic heterocycles. The summed E-state index contributed by atoms with van der Waals surface area (Å²) in [7, 11) is 0. The molecule has 84 valence electrons. The Hall–Kier alpha value is -1.38. The van der Waals surface area contributed by atoms with E-state index < -0.39 is 12.3 Å². The lowest BCUT2D eigenvalue weighted by Gasteiger charge is -2.06. The molecule has 0 radical (unpaired) electrons. The molecule has 0 fully saturated rings. The second kappa shape index (κ2) is 9.19. The summed E-state index contributed by atoms with van der Waals surface area (Å²) in [5.41, 5.74) is 0. The summed E-state index contributed by atoms with van der Waals surface area (Å²) >= 11 is 0. The molecule has 0 saturated carbocycles. The molecule has 1 unspecified atom stereocenters. The van der Waals surface area contributed by atoms with Gasteiger partial charge in [0.15, 0.2) is 0 Å². The molecule has 0 saturated heterocycles. The van der Waals surface area contributed by atoms with Crippen LogP contribution in [0.15, 0.2) is 12.7 Å². The number of unbranched alkanes of at least 4 members (excludes halogenated alkanes) is 1. The number of hydrogen-bond donors (Lipinski definition) is 1. The molecule has 0 aromatic carbocycles. The zero-order valence-corrected chi connectivity index (χ0v) is 8.52. The van der Waals surface area contributed by atoms with E-state index in [1.165, 1.54) is 0 Å². The zero-order valence-electron chi connectivity index (χ0n) is 8.52. The Balaban J connectivity index is 3.22. The number of aliphatic hydroxyl groups is 1. The number of carbonyl (C=O) groups excluding carboxylic acids is 1. The molecule has 0 heterocycles. The fourth-order valence-electron chi connectivity index (χ4n) is 0.786. The summed E-state index contributed by atoms with van der Waals surface area (Å²) < 4.78 is 9.62. The van der Waals surface area contributed by atoms with Crippen LogP contribution in [0.2, 0.25) is 0 Å². The second-order valence-corrected chi connectivity index (χ2v) is 2.74. The van der Waals surface area contributed by atoms with E-state index in [9.17, 15) is 4.79 Å². The smallest absolute Gasteiger partial charge is 0.330 e. The molecule has 1 N–H and O–H groups in total. The van der Waals surface area contributed by atoms with Crippen LogP contribution in [0.5, 0.6) is 0 Å². The summed E-state index contributed by atoms with van der Waals surface area (Å²) in [6.45, 7) is 10.3. The van der Waals surface area contributed by atoms with Gasteiger partial charge in [-0.25, -0.2) is 11.4 Å². The van der Waals surface area contributed by atoms with Crippen molar-refractivity contribution >= 4 is 5.97 Å². The van der Waals surface area contributed by atoms with Crippen LogP contribution in [-0.4, -0.2) is 37.1 Å². The van der Waals surface area contributed by atoms with Crippen LogP contribution in [0.25, 0.3) is 4.85 Å². The van der Waals surface area contributed by atoms with Crippen molar-refractivity contribution in [1.29, 1.82) is 0 Å². The van der Waals surface area contributed by atoms with Crippen LogP contribution in [0.1, 0.15) is 12.8 Å². The predicted octanol–water partition coefficient (Wildman–Crippen LogP) is 0.750. The van der Waals surface area contributed by atoms with E-state index in [1.54, 1.807) is 0 Å². The van der Waals surface area contributed by atoms with Gasteiger partial charge in [0.2, 0.25) is 6.29 Å². The first kappa shape index (κ1) is 13.6. The molecule has 0 aliphatic heterocycles. The van der Waals surface area contributed by atoms with Crippen molar-refractivity contribution in [2.45, 2.75) is 19.1 Å². The molecular formula is C10H15NO4. The van der Waals surface area contributed by atoms with E-state index in [4.69, 9.17) is 21.2 Å². The third kappa shape index (κ3) is 8.94. The quantitative estimate of drug-likeness (QED) is 0.212. The SMILES string of the molecule is [C-]#[N+]CC(O)OCCCCOC(=O)C=C. The Morgan fingerprint density at radius 2 is 2.20 bits per heavy atom. The van der Waals surface area contributed by atoms with Crippen molar-refractivity contribution in [3.63, 3.8) is 0 Å². The molecule has 15 heavy (non-hydrogen) atoms. The maximum atomic E-state index is 10.6. The van der Waals surface area contributed by atoms with Crippen LogP contribution in [-0.2, 0) is 14.3 Å². The maximum Gasteiger partial charge on any atom is 0.330 e. The minimum Gasteiger partial charge on any atom is -0.463 e. The van der Waals surface area contributed by atoms with Crippen LogP contribution in [0.4, 0.5) is 0 Å². The third-order valence-corrected chi connectivity index (χ3v) is 1.51. The fraction of sp³-hybridized carbons (Fsp3) is 0.600. The van der Waals surface area contributed by atoms with Crippen molar-refractivity contribution < 1.29 is 19.4 Å². The molecule has 0 aromatic rings. The molecule has 1 atom stereocenters. The van der Waals surface area contributed by atoms with Crippen molar-refractivity contribution in [1.82, 2.24) is 0 Å². The van der Waals surface area contributed by atoms with Gasteiger partial charge in [0.05, 0.1) is 13.2 Å². The van der Waals surface area contributed by atoms with E-state index in [0.717, 1.165) is 6.08 Å². The van der Waals surface area contributed by atoms with Crippen molar-refractivity contribution in [2.24, 2.45) is 0 Å². The number of esters is 1. The van der Waals surface area contributed by atoms with Gasteiger partial charge in [-0.15, -0.1) is 0 Å². The second-order valence-electron chi connectivity index (χ2n) is 2.74. The number of hydrogen-bond acceptors (Lipinski definition) is 4. The Kier molecular flexibility index (Phi) is 8.34. The van der Waals surface area contributed by atoms with Gasteiger partial charge in [0.1, 0.15) is 0 Å². The maximum absolute atomic E-state index is 10.6. The molecule has 0 spiro atoms. The Morgan fingerprint density at radius 3 is 2.80 bits per heavy atom. The van der Waals surface area contributed by atoms with Crippen LogP contribution < -0.4 is 0 Å². The number of ether oxygens (including phenoxy) is 2. The van der Waals surface area contributed by atoms with Gasteiger partial charge in [0, 0.05) is 6.08 Å². The molecule has 0 bridgehead atoms. The minimum atomic E-state index is -1.02. The Labute approximate surface area is 89.1 Å². The topological polar surface area (TPSA) is 60.1 Å². The van der Waals surface area contributed by atoms with Gasteiger partial charge in [-0.05, 0) is 12.8 Å². The van der Waals surface area contributed by atoms with E-state index in [1.807, 2.05) is 0 Å². The third-order valence-electron chi connectivity index (χ3n) is 1.51. The zero-order chi connectivity index (χ0) is 11.5. The Bertz CT molecular complexity index is 234. The molecule has 0 amide bonds. The first-order chi connectivity index (χ1) is 7.20. The number of nitrogens with zero attached hydrogens (tertiary/aromatic N) is 1. The first-order valence-electron chi connectivity index (χ1n) is 4.62. The lowest BCUT2D eigenvalue weighted by Crippen LogP contribution is -2.15.